The van der Waals surface area contributed by atoms with Gasteiger partial charge >= 0.3 is 0 Å². The highest BCUT2D eigenvalue weighted by molar-refractivity contribution is 7.19. The molecule has 5 heteroatoms. The van der Waals surface area contributed by atoms with E-state index in [9.17, 15) is 4.79 Å². The van der Waals surface area contributed by atoms with Gasteiger partial charge in [-0.05, 0) is 71.6 Å². The number of nitrogens with one attached hydrogen (secondary N) is 1. The lowest BCUT2D eigenvalue weighted by atomic mass is 9.91. The number of hydrogen-bond donors (Lipinski definition) is 1. The molecule has 1 heterocycles. The first kappa shape index (κ1) is 18.9. The van der Waals surface area contributed by atoms with Crippen LogP contribution in [0.2, 0.25) is 0 Å². The van der Waals surface area contributed by atoms with Gasteiger partial charge in [-0.15, -0.1) is 9.24 Å². The highest BCUT2D eigenvalue weighted by Crippen LogP contribution is 2.35. The highest BCUT2D eigenvalue weighted by atomic mass is 31.0. The van der Waals surface area contributed by atoms with Gasteiger partial charge in [0.2, 0.25) is 5.91 Å². The van der Waals surface area contributed by atoms with Crippen molar-refractivity contribution in [3.63, 3.8) is 0 Å². The molecule has 0 aromatic heterocycles. The molecule has 124 valence electrons. The molecule has 1 unspecified atom stereocenters. The second kappa shape index (κ2) is 9.07. The largest absolute Gasteiger partial charge is 0.379 e. The van der Waals surface area contributed by atoms with Gasteiger partial charge in [0.1, 0.15) is 0 Å². The summed E-state index contributed by atoms with van der Waals surface area (Å²) in [7, 11) is 3.06. The number of nitrogens with zero attached hydrogens (tertiary/aromatic N) is 1. The smallest absolute Gasteiger partial charge is 0.234 e. The number of carbonyl (C=O) groups is 1. The van der Waals surface area contributed by atoms with Gasteiger partial charge in [0.15, 0.2) is 0 Å². The molecule has 0 bridgehead atoms. The summed E-state index contributed by atoms with van der Waals surface area (Å²) in [4.78, 5) is 14.1. The SMILES string of the molecule is CC(C)NC(=O)CN1CCC(P)(CCCOC(C)C)CC1. The van der Waals surface area contributed by atoms with E-state index < -0.39 is 0 Å². The molecule has 1 N–H and O–H groups in total. The molecule has 1 amide bonds. The van der Waals surface area contributed by atoms with Crippen LogP contribution in [0.5, 0.6) is 0 Å². The molecule has 1 aliphatic rings. The van der Waals surface area contributed by atoms with Crippen LogP contribution in [0.3, 0.4) is 0 Å². The summed E-state index contributed by atoms with van der Waals surface area (Å²) in [5, 5.41) is 3.30. The third-order valence-corrected chi connectivity index (χ3v) is 4.80. The fourth-order valence-corrected chi connectivity index (χ4v) is 3.18. The summed E-state index contributed by atoms with van der Waals surface area (Å²) in [6.07, 6.45) is 4.93. The Balaban J connectivity index is 2.22. The standard InChI is InChI=1S/C16H33N2O2P/c1-13(2)17-15(19)12-18-9-7-16(21,8-10-18)6-5-11-20-14(3)4/h13-14H,5-12,21H2,1-4H3,(H,17,19). The first-order chi connectivity index (χ1) is 9.81. The van der Waals surface area contributed by atoms with Crippen molar-refractivity contribution in [3.8, 4) is 0 Å². The van der Waals surface area contributed by atoms with Crippen LogP contribution in [0.25, 0.3) is 0 Å². The van der Waals surface area contributed by atoms with Crippen molar-refractivity contribution in [2.45, 2.75) is 70.7 Å². The van der Waals surface area contributed by atoms with Crippen molar-refractivity contribution < 1.29 is 9.53 Å². The molecule has 0 radical (unpaired) electrons. The molecule has 0 aromatic carbocycles. The molecule has 1 saturated heterocycles. The van der Waals surface area contributed by atoms with Crippen LogP contribution in [-0.4, -0.2) is 54.4 Å². The Hall–Kier alpha value is -0.180. The first-order valence-corrected chi connectivity index (χ1v) is 8.81. The molecule has 4 nitrogen and oxygen atoms in total. The van der Waals surface area contributed by atoms with E-state index in [1.54, 1.807) is 0 Å². The topological polar surface area (TPSA) is 41.6 Å². The molecule has 0 spiro atoms. The van der Waals surface area contributed by atoms with E-state index in [1.807, 2.05) is 13.8 Å². The van der Waals surface area contributed by atoms with Gasteiger partial charge in [-0.1, -0.05) is 0 Å². The number of carbonyl (C=O) groups excluding carboxylic acids is 1. The zero-order valence-corrected chi connectivity index (χ0v) is 15.3. The average Bonchev–Trinajstić information content (AvgIpc) is 2.37. The monoisotopic (exact) mass is 316 g/mol. The van der Waals surface area contributed by atoms with Crippen molar-refractivity contribution in [2.75, 3.05) is 26.2 Å². The van der Waals surface area contributed by atoms with E-state index in [-0.39, 0.29) is 11.9 Å². The van der Waals surface area contributed by atoms with E-state index >= 15 is 0 Å². The van der Waals surface area contributed by atoms with Gasteiger partial charge < -0.3 is 10.1 Å². The average molecular weight is 316 g/mol. The highest BCUT2D eigenvalue weighted by Gasteiger charge is 2.30. The minimum absolute atomic E-state index is 0.145. The number of rotatable bonds is 8. The van der Waals surface area contributed by atoms with E-state index in [0.717, 1.165) is 39.0 Å². The Morgan fingerprint density at radius 3 is 2.43 bits per heavy atom. The number of hydrogen-bond acceptors (Lipinski definition) is 3. The molecular formula is C16H33N2O2P. The first-order valence-electron chi connectivity index (χ1n) is 8.23. The maximum Gasteiger partial charge on any atom is 0.234 e. The van der Waals surface area contributed by atoms with Gasteiger partial charge in [-0.25, -0.2) is 0 Å². The van der Waals surface area contributed by atoms with Crippen LogP contribution in [0.15, 0.2) is 0 Å². The lowest BCUT2D eigenvalue weighted by molar-refractivity contribution is -0.123. The second-order valence-electron chi connectivity index (χ2n) is 6.88. The zero-order valence-electron chi connectivity index (χ0n) is 14.2. The van der Waals surface area contributed by atoms with Crippen molar-refractivity contribution in [1.82, 2.24) is 10.2 Å². The van der Waals surface area contributed by atoms with Crippen LogP contribution < -0.4 is 5.32 Å². The maximum absolute atomic E-state index is 11.8. The van der Waals surface area contributed by atoms with Crippen molar-refractivity contribution >= 4 is 15.1 Å². The van der Waals surface area contributed by atoms with Crippen LogP contribution in [-0.2, 0) is 9.53 Å². The van der Waals surface area contributed by atoms with Gasteiger partial charge in [0.05, 0.1) is 12.6 Å². The zero-order chi connectivity index (χ0) is 15.9. The molecular weight excluding hydrogens is 283 g/mol. The lowest BCUT2D eigenvalue weighted by Gasteiger charge is -2.39. The predicted molar refractivity (Wildman–Crippen MR) is 91.7 cm³/mol. The number of piperidine rings is 1. The molecule has 1 fully saturated rings. The third kappa shape index (κ3) is 8.13. The Morgan fingerprint density at radius 1 is 1.29 bits per heavy atom. The molecule has 1 aliphatic heterocycles. The Morgan fingerprint density at radius 2 is 1.90 bits per heavy atom. The molecule has 0 aromatic rings. The Labute approximate surface area is 132 Å². The van der Waals surface area contributed by atoms with E-state index in [4.69, 9.17) is 4.74 Å². The summed E-state index contributed by atoms with van der Waals surface area (Å²) in [6.45, 7) is 11.6. The summed E-state index contributed by atoms with van der Waals surface area (Å²) in [6, 6.07) is 0.226. The van der Waals surface area contributed by atoms with Crippen molar-refractivity contribution in [3.05, 3.63) is 0 Å². The normalized spacial score (nSPS) is 19.2. The van der Waals surface area contributed by atoms with Gasteiger partial charge in [-0.3, -0.25) is 9.69 Å². The molecule has 1 rings (SSSR count). The quantitative estimate of drug-likeness (QED) is 0.552. The summed E-state index contributed by atoms with van der Waals surface area (Å²) in [5.74, 6) is 0.145. The van der Waals surface area contributed by atoms with Crippen molar-refractivity contribution in [2.24, 2.45) is 0 Å². The maximum atomic E-state index is 11.8. The minimum Gasteiger partial charge on any atom is -0.379 e. The summed E-state index contributed by atoms with van der Waals surface area (Å²) < 4.78 is 5.62. The van der Waals surface area contributed by atoms with Crippen molar-refractivity contribution in [1.29, 1.82) is 0 Å². The van der Waals surface area contributed by atoms with Crippen LogP contribution in [0.1, 0.15) is 53.4 Å². The van der Waals surface area contributed by atoms with E-state index in [0.29, 0.717) is 17.8 Å². The fourth-order valence-electron chi connectivity index (χ4n) is 2.72. The van der Waals surface area contributed by atoms with Crippen LogP contribution in [0, 0.1) is 0 Å². The lowest BCUT2D eigenvalue weighted by Crippen LogP contribution is -2.46. The van der Waals surface area contributed by atoms with Gasteiger partial charge in [0.25, 0.3) is 0 Å². The van der Waals surface area contributed by atoms with Crippen LogP contribution >= 0.6 is 9.24 Å². The van der Waals surface area contributed by atoms with E-state index in [2.05, 4.69) is 33.3 Å². The molecule has 1 atom stereocenters. The minimum atomic E-state index is 0.145. The Bertz CT molecular complexity index is 313. The second-order valence-corrected chi connectivity index (χ2v) is 8.11. The number of amides is 1. The summed E-state index contributed by atoms with van der Waals surface area (Å²) >= 11 is 0. The fraction of sp³-hybridized carbons (Fsp3) is 0.938. The molecule has 21 heavy (non-hydrogen) atoms. The molecule has 0 aliphatic carbocycles. The number of ether oxygens (including phenoxy) is 1. The molecule has 0 saturated carbocycles. The summed E-state index contributed by atoms with van der Waals surface area (Å²) in [5.41, 5.74) is 0. The third-order valence-electron chi connectivity index (χ3n) is 3.94. The Kier molecular flexibility index (Phi) is 8.15. The predicted octanol–water partition coefficient (Wildman–Crippen LogP) is 2.43. The van der Waals surface area contributed by atoms with Gasteiger partial charge in [0, 0.05) is 12.6 Å². The van der Waals surface area contributed by atoms with Gasteiger partial charge in [-0.2, -0.15) is 0 Å². The van der Waals surface area contributed by atoms with E-state index in [1.165, 1.54) is 6.42 Å². The van der Waals surface area contributed by atoms with Crippen LogP contribution in [0.4, 0.5) is 0 Å². The number of likely N-dealkylation sites (tertiary alicyclic amines) is 1.